The number of nitro groups is 1. The van der Waals surface area contributed by atoms with Crippen LogP contribution in [0.4, 0.5) is 5.69 Å². The number of phenolic OH excluding ortho intramolecular Hbond substituents is 3. The number of carbonyl (C=O) groups is 1. The van der Waals surface area contributed by atoms with Gasteiger partial charge in [-0.2, -0.15) is 0 Å². The van der Waals surface area contributed by atoms with Gasteiger partial charge in [0, 0.05) is 12.6 Å². The molecular weight excluding hydrogens is 280 g/mol. The predicted octanol–water partition coefficient (Wildman–Crippen LogP) is 2.02. The van der Waals surface area contributed by atoms with Crippen molar-refractivity contribution in [1.82, 2.24) is 5.32 Å². The number of nitro benzene ring substituents is 1. The minimum Gasteiger partial charge on any atom is -0.507 e. The molecule has 0 unspecified atom stereocenters. The third-order valence-corrected chi connectivity index (χ3v) is 2.96. The molecule has 8 nitrogen and oxygen atoms in total. The molecule has 116 valence electrons. The highest BCUT2D eigenvalue weighted by Crippen LogP contribution is 2.42. The molecule has 4 N–H and O–H groups in total. The van der Waals surface area contributed by atoms with Crippen LogP contribution in [0.5, 0.6) is 17.2 Å². The average Bonchev–Trinajstić information content (AvgIpc) is 2.37. The van der Waals surface area contributed by atoms with Crippen molar-refractivity contribution in [2.75, 3.05) is 6.54 Å². The standard InChI is InChI=1S/C13H18N2O6/c1-2-3-4-5-6-14-13(19)10-8(16)7-9(17)11(12(10)18)15(20)21/h7,16-18H,2-6H2,1H3,(H,14,19). The van der Waals surface area contributed by atoms with Crippen LogP contribution in [0.1, 0.15) is 43.0 Å². The van der Waals surface area contributed by atoms with Gasteiger partial charge in [-0.15, -0.1) is 0 Å². The predicted molar refractivity (Wildman–Crippen MR) is 74.6 cm³/mol. The van der Waals surface area contributed by atoms with Gasteiger partial charge in [0.05, 0.1) is 4.92 Å². The summed E-state index contributed by atoms with van der Waals surface area (Å²) in [7, 11) is 0. The van der Waals surface area contributed by atoms with E-state index in [4.69, 9.17) is 0 Å². The average molecular weight is 298 g/mol. The minimum absolute atomic E-state index is 0.326. The van der Waals surface area contributed by atoms with E-state index >= 15 is 0 Å². The van der Waals surface area contributed by atoms with E-state index in [1.807, 2.05) is 6.92 Å². The number of phenols is 3. The minimum atomic E-state index is -1.05. The van der Waals surface area contributed by atoms with Crippen molar-refractivity contribution in [2.45, 2.75) is 32.6 Å². The molecule has 0 saturated heterocycles. The summed E-state index contributed by atoms with van der Waals surface area (Å²) < 4.78 is 0. The number of unbranched alkanes of at least 4 members (excludes halogenated alkanes) is 3. The van der Waals surface area contributed by atoms with Gasteiger partial charge in [0.15, 0.2) is 0 Å². The van der Waals surface area contributed by atoms with Crippen molar-refractivity contribution in [3.63, 3.8) is 0 Å². The molecule has 21 heavy (non-hydrogen) atoms. The van der Waals surface area contributed by atoms with E-state index in [9.17, 15) is 30.2 Å². The van der Waals surface area contributed by atoms with Crippen molar-refractivity contribution in [2.24, 2.45) is 0 Å². The van der Waals surface area contributed by atoms with Crippen LogP contribution in [-0.2, 0) is 0 Å². The highest BCUT2D eigenvalue weighted by Gasteiger charge is 2.29. The smallest absolute Gasteiger partial charge is 0.353 e. The van der Waals surface area contributed by atoms with Crippen LogP contribution in [0.2, 0.25) is 0 Å². The number of nitrogens with one attached hydrogen (secondary N) is 1. The summed E-state index contributed by atoms with van der Waals surface area (Å²) in [5.41, 5.74) is -1.63. The van der Waals surface area contributed by atoms with Gasteiger partial charge in [0.2, 0.25) is 11.5 Å². The SMILES string of the molecule is CCCCCCNC(=O)c1c(O)cc(O)c([N+](=O)[O-])c1O. The fourth-order valence-electron chi connectivity index (χ4n) is 1.88. The van der Waals surface area contributed by atoms with Gasteiger partial charge >= 0.3 is 5.69 Å². The molecule has 0 atom stereocenters. The van der Waals surface area contributed by atoms with Crippen LogP contribution in [0.25, 0.3) is 0 Å². The summed E-state index contributed by atoms with van der Waals surface area (Å²) in [6.45, 7) is 2.37. The molecule has 1 amide bonds. The zero-order chi connectivity index (χ0) is 16.0. The number of amides is 1. The molecule has 1 aromatic carbocycles. The molecule has 0 aromatic heterocycles. The van der Waals surface area contributed by atoms with Crippen LogP contribution in [0, 0.1) is 10.1 Å². The molecule has 0 bridgehead atoms. The number of benzene rings is 1. The summed E-state index contributed by atoms with van der Waals surface area (Å²) in [6, 6.07) is 0.657. The van der Waals surface area contributed by atoms with Crippen LogP contribution in [0.15, 0.2) is 6.07 Å². The third-order valence-electron chi connectivity index (χ3n) is 2.96. The largest absolute Gasteiger partial charge is 0.507 e. The van der Waals surface area contributed by atoms with Gasteiger partial charge in [0.1, 0.15) is 11.3 Å². The molecule has 0 aliphatic carbocycles. The first kappa shape index (κ1) is 16.5. The van der Waals surface area contributed by atoms with Gasteiger partial charge in [-0.25, -0.2) is 0 Å². The topological polar surface area (TPSA) is 133 Å². The highest BCUT2D eigenvalue weighted by atomic mass is 16.6. The van der Waals surface area contributed by atoms with E-state index in [1.54, 1.807) is 0 Å². The Kier molecular flexibility index (Phi) is 5.77. The molecule has 0 fully saturated rings. The number of hydrogen-bond donors (Lipinski definition) is 4. The first-order chi connectivity index (χ1) is 9.90. The first-order valence-electron chi connectivity index (χ1n) is 6.60. The molecular formula is C13H18N2O6. The lowest BCUT2D eigenvalue weighted by Crippen LogP contribution is -2.24. The Balaban J connectivity index is 2.89. The Morgan fingerprint density at radius 2 is 1.90 bits per heavy atom. The molecule has 0 heterocycles. The van der Waals surface area contributed by atoms with Crippen LogP contribution >= 0.6 is 0 Å². The Hall–Kier alpha value is -2.51. The van der Waals surface area contributed by atoms with E-state index in [0.29, 0.717) is 12.6 Å². The monoisotopic (exact) mass is 298 g/mol. The Bertz CT molecular complexity index is 544. The van der Waals surface area contributed by atoms with Crippen molar-refractivity contribution in [3.8, 4) is 17.2 Å². The molecule has 8 heteroatoms. The summed E-state index contributed by atoms with van der Waals surface area (Å²) in [5, 5.41) is 41.8. The van der Waals surface area contributed by atoms with Gasteiger partial charge in [-0.05, 0) is 6.42 Å². The summed E-state index contributed by atoms with van der Waals surface area (Å²) in [5.74, 6) is -3.51. The van der Waals surface area contributed by atoms with Gasteiger partial charge in [0.25, 0.3) is 5.91 Å². The lowest BCUT2D eigenvalue weighted by Gasteiger charge is -2.09. The van der Waals surface area contributed by atoms with Crippen LogP contribution in [-0.4, -0.2) is 32.7 Å². The summed E-state index contributed by atoms with van der Waals surface area (Å²) in [4.78, 5) is 21.6. The molecule has 0 radical (unpaired) electrons. The fourth-order valence-corrected chi connectivity index (χ4v) is 1.88. The van der Waals surface area contributed by atoms with E-state index in [2.05, 4.69) is 5.32 Å². The van der Waals surface area contributed by atoms with E-state index in [-0.39, 0.29) is 0 Å². The zero-order valence-electron chi connectivity index (χ0n) is 11.6. The Labute approximate surface area is 121 Å². The van der Waals surface area contributed by atoms with Crippen molar-refractivity contribution in [3.05, 3.63) is 21.7 Å². The number of hydrogen-bond acceptors (Lipinski definition) is 6. The molecule has 0 aliphatic heterocycles. The molecule has 1 rings (SSSR count). The Morgan fingerprint density at radius 3 is 2.48 bits per heavy atom. The van der Waals surface area contributed by atoms with Gasteiger partial charge in [-0.1, -0.05) is 26.2 Å². The second kappa shape index (κ2) is 7.32. The van der Waals surface area contributed by atoms with E-state index < -0.39 is 39.3 Å². The maximum absolute atomic E-state index is 11.9. The Morgan fingerprint density at radius 1 is 1.24 bits per heavy atom. The molecule has 0 spiro atoms. The third kappa shape index (κ3) is 3.98. The van der Waals surface area contributed by atoms with Crippen LogP contribution in [0.3, 0.4) is 0 Å². The molecule has 0 aliphatic rings. The van der Waals surface area contributed by atoms with Gasteiger partial charge < -0.3 is 20.6 Å². The number of aromatic hydroxyl groups is 3. The van der Waals surface area contributed by atoms with Crippen molar-refractivity contribution in [1.29, 1.82) is 0 Å². The quantitative estimate of drug-likeness (QED) is 0.346. The lowest BCUT2D eigenvalue weighted by atomic mass is 10.1. The second-order valence-corrected chi connectivity index (χ2v) is 4.56. The van der Waals surface area contributed by atoms with E-state index in [0.717, 1.165) is 25.7 Å². The zero-order valence-corrected chi connectivity index (χ0v) is 11.6. The summed E-state index contributed by atoms with van der Waals surface area (Å²) in [6.07, 6.45) is 3.71. The highest BCUT2D eigenvalue weighted by molar-refractivity contribution is 6.01. The van der Waals surface area contributed by atoms with E-state index in [1.165, 1.54) is 0 Å². The maximum atomic E-state index is 11.9. The fraction of sp³-hybridized carbons (Fsp3) is 0.462. The normalized spacial score (nSPS) is 10.3. The first-order valence-corrected chi connectivity index (χ1v) is 6.60. The van der Waals surface area contributed by atoms with Gasteiger partial charge in [-0.3, -0.25) is 14.9 Å². The van der Waals surface area contributed by atoms with Crippen LogP contribution < -0.4 is 5.32 Å². The molecule has 1 aromatic rings. The maximum Gasteiger partial charge on any atom is 0.353 e. The number of rotatable bonds is 7. The molecule has 0 saturated carbocycles. The van der Waals surface area contributed by atoms with Crippen molar-refractivity contribution < 1.29 is 25.0 Å². The van der Waals surface area contributed by atoms with Crippen molar-refractivity contribution >= 4 is 11.6 Å². The summed E-state index contributed by atoms with van der Waals surface area (Å²) >= 11 is 0. The number of nitrogens with zero attached hydrogens (tertiary/aromatic N) is 1. The number of carbonyl (C=O) groups excluding carboxylic acids is 1. The lowest BCUT2D eigenvalue weighted by molar-refractivity contribution is -0.386. The second-order valence-electron chi connectivity index (χ2n) is 4.56.